The fraction of sp³-hybridized carbons (Fsp3) is 0.556. The van der Waals surface area contributed by atoms with Crippen LogP contribution in [-0.2, 0) is 9.53 Å². The lowest BCUT2D eigenvalue weighted by Gasteiger charge is -2.22. The quantitative estimate of drug-likeness (QED) is 0.838. The minimum Gasteiger partial charge on any atom is -0.459 e. The number of carbonyl (C=O) groups excluding carboxylic acids is 2. The summed E-state index contributed by atoms with van der Waals surface area (Å²) in [6.45, 7) is 1.77. The van der Waals surface area contributed by atoms with Crippen LogP contribution in [0.3, 0.4) is 0 Å². The number of amides is 1. The molecule has 0 aromatic heterocycles. The number of hydrogen-bond donors (Lipinski definition) is 2. The Kier molecular flexibility index (Phi) is 5.28. The zero-order valence-electron chi connectivity index (χ0n) is 13.3. The lowest BCUT2D eigenvalue weighted by Crippen LogP contribution is -2.33. The molecule has 1 aromatic rings. The van der Waals surface area contributed by atoms with E-state index in [1.165, 1.54) is 0 Å². The van der Waals surface area contributed by atoms with Crippen LogP contribution in [0, 0.1) is 5.92 Å². The maximum Gasteiger partial charge on any atom is 0.338 e. The fourth-order valence-electron chi connectivity index (χ4n) is 3.29. The molecular weight excluding hydrogens is 292 g/mol. The van der Waals surface area contributed by atoms with E-state index in [-0.39, 0.29) is 23.9 Å². The molecule has 2 aliphatic rings. The third kappa shape index (κ3) is 4.32. The first-order chi connectivity index (χ1) is 11.2. The molecule has 1 saturated carbocycles. The van der Waals surface area contributed by atoms with Crippen molar-refractivity contribution in [2.45, 2.75) is 44.6 Å². The molecule has 0 spiro atoms. The summed E-state index contributed by atoms with van der Waals surface area (Å²) < 4.78 is 5.55. The highest BCUT2D eigenvalue weighted by Gasteiger charge is 2.23. The van der Waals surface area contributed by atoms with Crippen LogP contribution in [0.2, 0.25) is 0 Å². The number of carbonyl (C=O) groups is 2. The van der Waals surface area contributed by atoms with Crippen molar-refractivity contribution in [1.82, 2.24) is 5.32 Å². The van der Waals surface area contributed by atoms with Crippen molar-refractivity contribution in [1.29, 1.82) is 0 Å². The summed E-state index contributed by atoms with van der Waals surface area (Å²) in [5, 5.41) is 6.17. The van der Waals surface area contributed by atoms with E-state index in [0.717, 1.165) is 51.6 Å². The minimum absolute atomic E-state index is 0.0134. The Bertz CT molecular complexity index is 561. The molecule has 2 fully saturated rings. The molecule has 1 amide bonds. The van der Waals surface area contributed by atoms with Gasteiger partial charge < -0.3 is 15.4 Å². The number of nitrogens with one attached hydrogen (secondary N) is 2. The number of ether oxygens (including phenoxy) is 1. The van der Waals surface area contributed by atoms with E-state index < -0.39 is 0 Å². The average molecular weight is 316 g/mol. The van der Waals surface area contributed by atoms with Crippen LogP contribution in [0.15, 0.2) is 24.3 Å². The Hall–Kier alpha value is -1.88. The number of rotatable bonds is 4. The van der Waals surface area contributed by atoms with Gasteiger partial charge in [-0.15, -0.1) is 0 Å². The molecular formula is C18H24N2O3. The first-order valence-corrected chi connectivity index (χ1v) is 8.55. The molecule has 1 saturated heterocycles. The zero-order valence-corrected chi connectivity index (χ0v) is 13.3. The Morgan fingerprint density at radius 3 is 2.57 bits per heavy atom. The molecule has 1 heterocycles. The SMILES string of the molecule is O=C(OC1CCNCC1)c1cccc(NC(=O)C2CCCC2)c1. The van der Waals surface area contributed by atoms with Crippen molar-refractivity contribution in [3.8, 4) is 0 Å². The molecule has 1 aliphatic carbocycles. The van der Waals surface area contributed by atoms with Gasteiger partial charge in [-0.1, -0.05) is 18.9 Å². The van der Waals surface area contributed by atoms with Crippen LogP contribution in [0.4, 0.5) is 5.69 Å². The maximum atomic E-state index is 12.3. The van der Waals surface area contributed by atoms with Gasteiger partial charge in [0.25, 0.3) is 0 Å². The highest BCUT2D eigenvalue weighted by atomic mass is 16.5. The van der Waals surface area contributed by atoms with Gasteiger partial charge in [-0.05, 0) is 57.0 Å². The van der Waals surface area contributed by atoms with Crippen molar-refractivity contribution in [3.05, 3.63) is 29.8 Å². The first-order valence-electron chi connectivity index (χ1n) is 8.55. The van der Waals surface area contributed by atoms with Gasteiger partial charge >= 0.3 is 5.97 Å². The van der Waals surface area contributed by atoms with Crippen LogP contribution >= 0.6 is 0 Å². The molecule has 2 N–H and O–H groups in total. The third-order valence-corrected chi connectivity index (χ3v) is 4.65. The van der Waals surface area contributed by atoms with Gasteiger partial charge in [-0.3, -0.25) is 4.79 Å². The second-order valence-corrected chi connectivity index (χ2v) is 6.41. The van der Waals surface area contributed by atoms with Crippen LogP contribution in [0.25, 0.3) is 0 Å². The third-order valence-electron chi connectivity index (χ3n) is 4.65. The standard InChI is InChI=1S/C18H24N2O3/c21-17(13-4-1-2-5-13)20-15-7-3-6-14(12-15)18(22)23-16-8-10-19-11-9-16/h3,6-7,12-13,16,19H,1-2,4-5,8-11H2,(H,20,21). The Morgan fingerprint density at radius 2 is 1.83 bits per heavy atom. The van der Waals surface area contributed by atoms with Crippen LogP contribution in [0.5, 0.6) is 0 Å². The molecule has 0 atom stereocenters. The van der Waals surface area contributed by atoms with E-state index in [1.54, 1.807) is 18.2 Å². The van der Waals surface area contributed by atoms with E-state index in [4.69, 9.17) is 4.74 Å². The number of esters is 1. The lowest BCUT2D eigenvalue weighted by molar-refractivity contribution is -0.119. The van der Waals surface area contributed by atoms with Crippen molar-refractivity contribution in [2.75, 3.05) is 18.4 Å². The second kappa shape index (κ2) is 7.59. The van der Waals surface area contributed by atoms with Gasteiger partial charge in [0.05, 0.1) is 5.56 Å². The van der Waals surface area contributed by atoms with Crippen molar-refractivity contribution < 1.29 is 14.3 Å². The summed E-state index contributed by atoms with van der Waals surface area (Å²) in [6, 6.07) is 7.03. The minimum atomic E-state index is -0.311. The Balaban J connectivity index is 1.59. The lowest BCUT2D eigenvalue weighted by atomic mass is 10.1. The monoisotopic (exact) mass is 316 g/mol. The van der Waals surface area contributed by atoms with Gasteiger partial charge in [-0.25, -0.2) is 4.79 Å². The van der Waals surface area contributed by atoms with E-state index in [9.17, 15) is 9.59 Å². The summed E-state index contributed by atoms with van der Waals surface area (Å²) in [5.74, 6) is -0.138. The van der Waals surface area contributed by atoms with Crippen LogP contribution in [-0.4, -0.2) is 31.1 Å². The Labute approximate surface area is 136 Å². The van der Waals surface area contributed by atoms with E-state index in [2.05, 4.69) is 10.6 Å². The van der Waals surface area contributed by atoms with Gasteiger partial charge in [0, 0.05) is 11.6 Å². The molecule has 124 valence electrons. The van der Waals surface area contributed by atoms with Crippen molar-refractivity contribution >= 4 is 17.6 Å². The number of piperidine rings is 1. The topological polar surface area (TPSA) is 67.4 Å². The second-order valence-electron chi connectivity index (χ2n) is 6.41. The average Bonchev–Trinajstić information content (AvgIpc) is 3.11. The van der Waals surface area contributed by atoms with E-state index >= 15 is 0 Å². The summed E-state index contributed by atoms with van der Waals surface area (Å²) in [6.07, 6.45) is 5.86. The predicted octanol–water partition coefficient (Wildman–Crippen LogP) is 2.72. The Morgan fingerprint density at radius 1 is 1.09 bits per heavy atom. The first kappa shape index (κ1) is 16.0. The number of hydrogen-bond acceptors (Lipinski definition) is 4. The van der Waals surface area contributed by atoms with Gasteiger partial charge in [0.2, 0.25) is 5.91 Å². The summed E-state index contributed by atoms with van der Waals surface area (Å²) in [4.78, 5) is 24.4. The highest BCUT2D eigenvalue weighted by molar-refractivity contribution is 5.95. The maximum absolute atomic E-state index is 12.3. The number of benzene rings is 1. The van der Waals surface area contributed by atoms with Gasteiger partial charge in [0.15, 0.2) is 0 Å². The molecule has 0 radical (unpaired) electrons. The normalized spacial score (nSPS) is 19.5. The van der Waals surface area contributed by atoms with Crippen molar-refractivity contribution in [2.24, 2.45) is 5.92 Å². The summed E-state index contributed by atoms with van der Waals surface area (Å²) in [5.41, 5.74) is 1.16. The van der Waals surface area contributed by atoms with E-state index in [0.29, 0.717) is 11.3 Å². The summed E-state index contributed by atoms with van der Waals surface area (Å²) in [7, 11) is 0. The van der Waals surface area contributed by atoms with Gasteiger partial charge in [0.1, 0.15) is 6.10 Å². The largest absolute Gasteiger partial charge is 0.459 e. The smallest absolute Gasteiger partial charge is 0.338 e. The molecule has 1 aliphatic heterocycles. The van der Waals surface area contributed by atoms with Crippen molar-refractivity contribution in [3.63, 3.8) is 0 Å². The van der Waals surface area contributed by atoms with Gasteiger partial charge in [-0.2, -0.15) is 0 Å². The van der Waals surface area contributed by atoms with E-state index in [1.807, 2.05) is 6.07 Å². The highest BCUT2D eigenvalue weighted by Crippen LogP contribution is 2.26. The molecule has 5 heteroatoms. The molecule has 5 nitrogen and oxygen atoms in total. The summed E-state index contributed by atoms with van der Waals surface area (Å²) >= 11 is 0. The predicted molar refractivity (Wildman–Crippen MR) is 88.3 cm³/mol. The molecule has 3 rings (SSSR count). The fourth-order valence-corrected chi connectivity index (χ4v) is 3.29. The number of anilines is 1. The zero-order chi connectivity index (χ0) is 16.1. The molecule has 0 bridgehead atoms. The molecule has 1 aromatic carbocycles. The molecule has 23 heavy (non-hydrogen) atoms. The molecule has 0 unspecified atom stereocenters. The van der Waals surface area contributed by atoms with Crippen LogP contribution in [0.1, 0.15) is 48.9 Å². The van der Waals surface area contributed by atoms with Crippen LogP contribution < -0.4 is 10.6 Å².